The van der Waals surface area contributed by atoms with Crippen LogP contribution in [-0.2, 0) is 11.3 Å². The van der Waals surface area contributed by atoms with Gasteiger partial charge in [-0.15, -0.1) is 0 Å². The predicted octanol–water partition coefficient (Wildman–Crippen LogP) is 1.38. The molecule has 2 aromatic rings. The van der Waals surface area contributed by atoms with Crippen LogP contribution in [0.5, 0.6) is 0 Å². The third kappa shape index (κ3) is 1.94. The number of para-hydroxylation sites is 1. The molecule has 0 aliphatic rings. The fourth-order valence-electron chi connectivity index (χ4n) is 1.40. The average Bonchev–Trinajstić information content (AvgIpc) is 2.69. The van der Waals surface area contributed by atoms with Gasteiger partial charge in [-0.2, -0.15) is 0 Å². The summed E-state index contributed by atoms with van der Waals surface area (Å²) in [6, 6.07) is 5.33. The number of aliphatic carboxylic acids is 1. The molecule has 16 heavy (non-hydrogen) atoms. The van der Waals surface area contributed by atoms with E-state index in [4.69, 9.17) is 15.3 Å². The highest BCUT2D eigenvalue weighted by molar-refractivity contribution is 5.90. The van der Waals surface area contributed by atoms with Crippen LogP contribution < -0.4 is 5.73 Å². The van der Waals surface area contributed by atoms with Crippen LogP contribution >= 0.6 is 0 Å². The number of hydrogen-bond donors (Lipinski definition) is 2. The third-order valence-corrected chi connectivity index (χ3v) is 2.07. The van der Waals surface area contributed by atoms with Crippen molar-refractivity contribution in [3.8, 4) is 0 Å². The number of fused-ring (bicyclic) bond motifs is 1. The normalized spacial score (nSPS) is 11.3. The van der Waals surface area contributed by atoms with Crippen LogP contribution in [0.3, 0.4) is 0 Å². The molecular weight excluding hydrogens is 208 g/mol. The third-order valence-electron chi connectivity index (χ3n) is 2.07. The van der Waals surface area contributed by atoms with E-state index >= 15 is 0 Å². The van der Waals surface area contributed by atoms with Crippen molar-refractivity contribution < 1.29 is 14.3 Å². The second-order valence-corrected chi connectivity index (χ2v) is 3.18. The first-order valence-corrected chi connectivity index (χ1v) is 4.70. The van der Waals surface area contributed by atoms with E-state index in [1.54, 1.807) is 18.2 Å². The highest BCUT2D eigenvalue weighted by atomic mass is 16.4. The van der Waals surface area contributed by atoms with Crippen molar-refractivity contribution in [2.45, 2.75) is 6.54 Å². The van der Waals surface area contributed by atoms with Gasteiger partial charge >= 0.3 is 5.97 Å². The van der Waals surface area contributed by atoms with Gasteiger partial charge in [-0.1, -0.05) is 12.1 Å². The molecule has 0 saturated heterocycles. The Balaban J connectivity index is 2.52. The molecular formula is C11H10N2O3. The molecule has 1 aromatic carbocycles. The van der Waals surface area contributed by atoms with Gasteiger partial charge in [0.2, 0.25) is 5.89 Å². The van der Waals surface area contributed by atoms with Crippen molar-refractivity contribution in [3.05, 3.63) is 35.7 Å². The van der Waals surface area contributed by atoms with E-state index in [2.05, 4.69) is 4.98 Å². The lowest BCUT2D eigenvalue weighted by molar-refractivity contribution is -0.131. The number of aromatic nitrogens is 1. The zero-order valence-corrected chi connectivity index (χ0v) is 8.38. The first-order chi connectivity index (χ1) is 7.70. The molecule has 0 radical (unpaired) electrons. The van der Waals surface area contributed by atoms with E-state index < -0.39 is 5.97 Å². The van der Waals surface area contributed by atoms with E-state index in [9.17, 15) is 4.79 Å². The van der Waals surface area contributed by atoms with Gasteiger partial charge in [0.25, 0.3) is 0 Å². The average molecular weight is 218 g/mol. The Morgan fingerprint density at radius 2 is 2.38 bits per heavy atom. The van der Waals surface area contributed by atoms with Crippen molar-refractivity contribution >= 4 is 23.1 Å². The van der Waals surface area contributed by atoms with Gasteiger partial charge in [0.15, 0.2) is 5.58 Å². The fraction of sp³-hybridized carbons (Fsp3) is 0.0909. The van der Waals surface area contributed by atoms with E-state index in [0.717, 1.165) is 6.08 Å². The summed E-state index contributed by atoms with van der Waals surface area (Å²) < 4.78 is 5.40. The molecule has 0 aliphatic carbocycles. The maximum atomic E-state index is 10.4. The SMILES string of the molecule is NCc1nc2cccc(/C=C/C(=O)O)c2o1. The Morgan fingerprint density at radius 1 is 1.56 bits per heavy atom. The summed E-state index contributed by atoms with van der Waals surface area (Å²) >= 11 is 0. The topological polar surface area (TPSA) is 89.3 Å². The summed E-state index contributed by atoms with van der Waals surface area (Å²) in [7, 11) is 0. The summed E-state index contributed by atoms with van der Waals surface area (Å²) in [6.45, 7) is 0.219. The fourth-order valence-corrected chi connectivity index (χ4v) is 1.40. The van der Waals surface area contributed by atoms with Crippen molar-refractivity contribution in [3.63, 3.8) is 0 Å². The van der Waals surface area contributed by atoms with Crippen LogP contribution in [0.15, 0.2) is 28.7 Å². The van der Waals surface area contributed by atoms with Gasteiger partial charge in [0.1, 0.15) is 5.52 Å². The minimum absolute atomic E-state index is 0.219. The number of carboxylic acids is 1. The molecule has 0 aliphatic heterocycles. The van der Waals surface area contributed by atoms with Crippen LogP contribution in [0.2, 0.25) is 0 Å². The summed E-state index contributed by atoms with van der Waals surface area (Å²) in [5.74, 6) is -0.568. The minimum atomic E-state index is -1.00. The molecule has 0 spiro atoms. The number of nitrogens with zero attached hydrogens (tertiary/aromatic N) is 1. The second-order valence-electron chi connectivity index (χ2n) is 3.18. The number of carboxylic acid groups (broad SMARTS) is 1. The van der Waals surface area contributed by atoms with E-state index in [1.807, 2.05) is 0 Å². The molecule has 1 aromatic heterocycles. The molecule has 0 bridgehead atoms. The Morgan fingerprint density at radius 3 is 3.06 bits per heavy atom. The zero-order valence-electron chi connectivity index (χ0n) is 8.38. The number of benzene rings is 1. The summed E-state index contributed by atoms with van der Waals surface area (Å²) in [5, 5.41) is 8.55. The zero-order chi connectivity index (χ0) is 11.5. The lowest BCUT2D eigenvalue weighted by Crippen LogP contribution is -1.94. The minimum Gasteiger partial charge on any atom is -0.478 e. The molecule has 0 amide bonds. The standard InChI is InChI=1S/C11H10N2O3/c12-6-9-13-8-3-1-2-7(11(8)16-9)4-5-10(14)15/h1-5H,6,12H2,(H,14,15)/b5-4+. The molecule has 5 heteroatoms. The Hall–Kier alpha value is -2.14. The van der Waals surface area contributed by atoms with Crippen molar-refractivity contribution in [1.29, 1.82) is 0 Å². The van der Waals surface area contributed by atoms with Crippen molar-refractivity contribution in [2.24, 2.45) is 5.73 Å². The van der Waals surface area contributed by atoms with Gasteiger partial charge in [-0.3, -0.25) is 0 Å². The molecule has 0 saturated carbocycles. The molecule has 82 valence electrons. The predicted molar refractivity (Wildman–Crippen MR) is 58.6 cm³/mol. The second kappa shape index (κ2) is 4.16. The molecule has 5 nitrogen and oxygen atoms in total. The highest BCUT2D eigenvalue weighted by Gasteiger charge is 2.06. The lowest BCUT2D eigenvalue weighted by atomic mass is 10.2. The van der Waals surface area contributed by atoms with Crippen LogP contribution in [0.4, 0.5) is 0 Å². The van der Waals surface area contributed by atoms with Crippen LogP contribution in [-0.4, -0.2) is 16.1 Å². The van der Waals surface area contributed by atoms with Crippen LogP contribution in [0, 0.1) is 0 Å². The van der Waals surface area contributed by atoms with E-state index in [1.165, 1.54) is 6.08 Å². The summed E-state index contributed by atoms with van der Waals surface area (Å²) in [4.78, 5) is 14.6. The first-order valence-electron chi connectivity index (χ1n) is 4.70. The van der Waals surface area contributed by atoms with Gasteiger partial charge in [-0.05, 0) is 12.1 Å². The number of carbonyl (C=O) groups is 1. The van der Waals surface area contributed by atoms with Gasteiger partial charge < -0.3 is 15.3 Å². The van der Waals surface area contributed by atoms with Crippen molar-refractivity contribution in [1.82, 2.24) is 4.98 Å². The molecule has 0 fully saturated rings. The Labute approximate surface area is 91.2 Å². The molecule has 0 unspecified atom stereocenters. The number of hydrogen-bond acceptors (Lipinski definition) is 4. The van der Waals surface area contributed by atoms with Crippen molar-refractivity contribution in [2.75, 3.05) is 0 Å². The summed E-state index contributed by atoms with van der Waals surface area (Å²) in [6.07, 6.45) is 2.52. The Bertz CT molecular complexity index is 557. The maximum absolute atomic E-state index is 10.4. The van der Waals surface area contributed by atoms with Crippen LogP contribution in [0.25, 0.3) is 17.2 Å². The van der Waals surface area contributed by atoms with Gasteiger partial charge in [-0.25, -0.2) is 9.78 Å². The monoisotopic (exact) mass is 218 g/mol. The molecule has 3 N–H and O–H groups in total. The lowest BCUT2D eigenvalue weighted by Gasteiger charge is -1.92. The smallest absolute Gasteiger partial charge is 0.328 e. The van der Waals surface area contributed by atoms with Gasteiger partial charge in [0, 0.05) is 11.6 Å². The number of rotatable bonds is 3. The number of oxazole rings is 1. The quantitative estimate of drug-likeness (QED) is 0.759. The molecule has 0 atom stereocenters. The molecule has 2 rings (SSSR count). The first kappa shape index (κ1) is 10.4. The number of nitrogens with two attached hydrogens (primary N) is 1. The largest absolute Gasteiger partial charge is 0.478 e. The van der Waals surface area contributed by atoms with Crippen LogP contribution in [0.1, 0.15) is 11.5 Å². The van der Waals surface area contributed by atoms with Gasteiger partial charge in [0.05, 0.1) is 6.54 Å². The summed E-state index contributed by atoms with van der Waals surface area (Å²) in [5.41, 5.74) is 7.32. The Kier molecular flexibility index (Phi) is 2.70. The van der Waals surface area contributed by atoms with E-state index in [-0.39, 0.29) is 6.54 Å². The highest BCUT2D eigenvalue weighted by Crippen LogP contribution is 2.20. The maximum Gasteiger partial charge on any atom is 0.328 e. The van der Waals surface area contributed by atoms with E-state index in [0.29, 0.717) is 22.6 Å². The molecule has 1 heterocycles.